The number of amides is 1. The summed E-state index contributed by atoms with van der Waals surface area (Å²) in [6.45, 7) is 2.32. The van der Waals surface area contributed by atoms with Crippen molar-refractivity contribution in [1.29, 1.82) is 5.26 Å². The summed E-state index contributed by atoms with van der Waals surface area (Å²) in [5.41, 5.74) is 0.813. The lowest BCUT2D eigenvalue weighted by Gasteiger charge is -2.29. The number of rotatable bonds is 3. The molecule has 1 heterocycles. The number of nitrogens with one attached hydrogen (secondary N) is 1. The van der Waals surface area contributed by atoms with Crippen LogP contribution in [-0.4, -0.2) is 18.7 Å². The average Bonchev–Trinajstić information content (AvgIpc) is 3.03. The number of carbonyl (C=O) groups excluding carboxylic acids is 1. The normalized spacial score (nSPS) is 22.8. The van der Waals surface area contributed by atoms with Crippen LogP contribution >= 0.6 is 15.9 Å². The van der Waals surface area contributed by atoms with Crippen LogP contribution in [-0.2, 0) is 4.79 Å². The van der Waals surface area contributed by atoms with Crippen molar-refractivity contribution >= 4 is 27.9 Å². The number of carbonyl (C=O) groups is 1. The number of ether oxygens (including phenoxy) is 2. The molecule has 1 amide bonds. The van der Waals surface area contributed by atoms with E-state index in [0.717, 1.165) is 29.3 Å². The minimum Gasteiger partial charge on any atom is -0.454 e. The summed E-state index contributed by atoms with van der Waals surface area (Å²) >= 11 is 3.42. The SMILES string of the molecule is C[C@@H]1CCCC[C@@H]1NC(=O)/C(C#N)=C\c1cc(Br)c2c(c1)OCO2. The largest absolute Gasteiger partial charge is 0.454 e. The summed E-state index contributed by atoms with van der Waals surface area (Å²) in [7, 11) is 0. The van der Waals surface area contributed by atoms with E-state index in [0.29, 0.717) is 17.4 Å². The molecule has 0 unspecified atom stereocenters. The highest BCUT2D eigenvalue weighted by Gasteiger charge is 2.24. The Labute approximate surface area is 149 Å². The number of hydrogen-bond acceptors (Lipinski definition) is 4. The van der Waals surface area contributed by atoms with Gasteiger partial charge in [-0.2, -0.15) is 5.26 Å². The van der Waals surface area contributed by atoms with E-state index < -0.39 is 0 Å². The predicted octanol–water partition coefficient (Wildman–Crippen LogP) is 3.78. The van der Waals surface area contributed by atoms with Crippen molar-refractivity contribution in [2.45, 2.75) is 38.6 Å². The number of fused-ring (bicyclic) bond motifs is 1. The minimum absolute atomic E-state index is 0.0959. The fourth-order valence-corrected chi connectivity index (χ4v) is 3.74. The first-order valence-corrected chi connectivity index (χ1v) is 8.89. The molecule has 6 heteroatoms. The highest BCUT2D eigenvalue weighted by molar-refractivity contribution is 9.10. The van der Waals surface area contributed by atoms with Crippen LogP contribution in [0.25, 0.3) is 6.08 Å². The van der Waals surface area contributed by atoms with Gasteiger partial charge in [0.2, 0.25) is 6.79 Å². The van der Waals surface area contributed by atoms with E-state index in [1.165, 1.54) is 6.42 Å². The van der Waals surface area contributed by atoms with Crippen LogP contribution < -0.4 is 14.8 Å². The van der Waals surface area contributed by atoms with Crippen LogP contribution in [0.3, 0.4) is 0 Å². The van der Waals surface area contributed by atoms with Gasteiger partial charge in [-0.15, -0.1) is 0 Å². The van der Waals surface area contributed by atoms with Gasteiger partial charge in [-0.25, -0.2) is 0 Å². The van der Waals surface area contributed by atoms with E-state index in [2.05, 4.69) is 28.2 Å². The number of nitrogens with zero attached hydrogens (tertiary/aromatic N) is 1. The second-order valence-corrected chi connectivity index (χ2v) is 7.10. The second kappa shape index (κ2) is 7.27. The maximum atomic E-state index is 12.4. The first kappa shape index (κ1) is 16.8. The molecule has 1 aromatic carbocycles. The zero-order chi connectivity index (χ0) is 17.1. The monoisotopic (exact) mass is 390 g/mol. The smallest absolute Gasteiger partial charge is 0.262 e. The van der Waals surface area contributed by atoms with Crippen molar-refractivity contribution in [1.82, 2.24) is 5.32 Å². The van der Waals surface area contributed by atoms with Crippen molar-refractivity contribution in [3.8, 4) is 17.6 Å². The third-order valence-electron chi connectivity index (χ3n) is 4.55. The van der Waals surface area contributed by atoms with Gasteiger partial charge in [0.15, 0.2) is 11.5 Å². The van der Waals surface area contributed by atoms with Crippen LogP contribution in [0.5, 0.6) is 11.5 Å². The van der Waals surface area contributed by atoms with Crippen LogP contribution in [0.1, 0.15) is 38.2 Å². The molecule has 0 aromatic heterocycles. The first-order chi connectivity index (χ1) is 11.6. The number of halogens is 1. The molecule has 126 valence electrons. The van der Waals surface area contributed by atoms with Crippen molar-refractivity contribution < 1.29 is 14.3 Å². The molecule has 3 rings (SSSR count). The molecule has 24 heavy (non-hydrogen) atoms. The molecule has 0 spiro atoms. The lowest BCUT2D eigenvalue weighted by atomic mass is 9.86. The van der Waals surface area contributed by atoms with Crippen LogP contribution in [0.4, 0.5) is 0 Å². The van der Waals surface area contributed by atoms with Crippen molar-refractivity contribution in [2.75, 3.05) is 6.79 Å². The van der Waals surface area contributed by atoms with E-state index in [1.807, 2.05) is 6.07 Å². The zero-order valence-corrected chi connectivity index (χ0v) is 15.1. The van der Waals surface area contributed by atoms with Crippen LogP contribution in [0.15, 0.2) is 22.2 Å². The van der Waals surface area contributed by atoms with Gasteiger partial charge in [-0.3, -0.25) is 4.79 Å². The Kier molecular flexibility index (Phi) is 5.10. The van der Waals surface area contributed by atoms with E-state index >= 15 is 0 Å². The summed E-state index contributed by atoms with van der Waals surface area (Å²) in [4.78, 5) is 12.4. The molecule has 1 aliphatic carbocycles. The maximum absolute atomic E-state index is 12.4. The highest BCUT2D eigenvalue weighted by atomic mass is 79.9. The van der Waals surface area contributed by atoms with Crippen molar-refractivity contribution in [3.63, 3.8) is 0 Å². The molecule has 2 aliphatic rings. The van der Waals surface area contributed by atoms with Gasteiger partial charge in [0.1, 0.15) is 11.6 Å². The van der Waals surface area contributed by atoms with Gasteiger partial charge in [-0.1, -0.05) is 19.8 Å². The van der Waals surface area contributed by atoms with Gasteiger partial charge in [0.05, 0.1) is 4.47 Å². The highest BCUT2D eigenvalue weighted by Crippen LogP contribution is 2.40. The van der Waals surface area contributed by atoms with Gasteiger partial charge in [0, 0.05) is 6.04 Å². The molecular weight excluding hydrogens is 372 g/mol. The average molecular weight is 391 g/mol. The standard InChI is InChI=1S/C18H19BrN2O3/c1-11-4-2-3-5-15(11)21-18(22)13(9-20)6-12-7-14(19)17-16(8-12)23-10-24-17/h6-8,11,15H,2-5,10H2,1H3,(H,21,22)/b13-6-/t11-,15+/m1/s1. The summed E-state index contributed by atoms with van der Waals surface area (Å²) in [6, 6.07) is 5.72. The Bertz CT molecular complexity index is 724. The molecule has 1 aromatic rings. The topological polar surface area (TPSA) is 71.4 Å². The fraction of sp³-hybridized carbons (Fsp3) is 0.444. The quantitative estimate of drug-likeness (QED) is 0.629. The zero-order valence-electron chi connectivity index (χ0n) is 13.5. The van der Waals surface area contributed by atoms with Gasteiger partial charge in [0.25, 0.3) is 5.91 Å². The van der Waals surface area contributed by atoms with E-state index in [9.17, 15) is 10.1 Å². The number of benzene rings is 1. The van der Waals surface area contributed by atoms with Crippen molar-refractivity contribution in [3.05, 3.63) is 27.7 Å². The summed E-state index contributed by atoms with van der Waals surface area (Å²) in [6.07, 6.45) is 6.00. The Morgan fingerprint density at radius 3 is 2.92 bits per heavy atom. The second-order valence-electron chi connectivity index (χ2n) is 6.25. The fourth-order valence-electron chi connectivity index (χ4n) is 3.16. The third-order valence-corrected chi connectivity index (χ3v) is 5.14. The summed E-state index contributed by atoms with van der Waals surface area (Å²) in [5, 5.41) is 12.4. The lowest BCUT2D eigenvalue weighted by Crippen LogP contribution is -2.41. The Morgan fingerprint density at radius 1 is 1.38 bits per heavy atom. The van der Waals surface area contributed by atoms with Crippen LogP contribution in [0, 0.1) is 17.2 Å². The van der Waals surface area contributed by atoms with E-state index in [-0.39, 0.29) is 24.3 Å². The summed E-state index contributed by atoms with van der Waals surface area (Å²) < 4.78 is 11.4. The van der Waals surface area contributed by atoms with E-state index in [1.54, 1.807) is 18.2 Å². The maximum Gasteiger partial charge on any atom is 0.262 e. The first-order valence-electron chi connectivity index (χ1n) is 8.10. The molecule has 1 saturated carbocycles. The molecule has 2 atom stereocenters. The summed E-state index contributed by atoms with van der Waals surface area (Å²) in [5.74, 6) is 1.38. The van der Waals surface area contributed by atoms with Crippen molar-refractivity contribution in [2.24, 2.45) is 5.92 Å². The lowest BCUT2D eigenvalue weighted by molar-refractivity contribution is -0.118. The minimum atomic E-state index is -0.315. The third kappa shape index (κ3) is 3.57. The Morgan fingerprint density at radius 2 is 2.17 bits per heavy atom. The van der Waals surface area contributed by atoms with Gasteiger partial charge in [-0.05, 0) is 58.5 Å². The molecule has 0 radical (unpaired) electrons. The molecule has 5 nitrogen and oxygen atoms in total. The molecule has 1 aliphatic heterocycles. The Balaban J connectivity index is 1.78. The molecule has 0 bridgehead atoms. The predicted molar refractivity (Wildman–Crippen MR) is 93.4 cm³/mol. The Hall–Kier alpha value is -2.00. The number of nitriles is 1. The molecule has 0 saturated heterocycles. The molecule has 1 fully saturated rings. The molecule has 1 N–H and O–H groups in total. The van der Waals surface area contributed by atoms with Crippen LogP contribution in [0.2, 0.25) is 0 Å². The van der Waals surface area contributed by atoms with E-state index in [4.69, 9.17) is 9.47 Å². The van der Waals surface area contributed by atoms with Gasteiger partial charge >= 0.3 is 0 Å². The van der Waals surface area contributed by atoms with Gasteiger partial charge < -0.3 is 14.8 Å². The number of hydrogen-bond donors (Lipinski definition) is 1. The molecular formula is C18H19BrN2O3.